The second-order valence-electron chi connectivity index (χ2n) is 4.88. The number of pyridine rings is 1. The molecule has 0 aliphatic carbocycles. The van der Waals surface area contributed by atoms with Crippen LogP contribution in [0.1, 0.15) is 17.0 Å². The lowest BCUT2D eigenvalue weighted by Gasteiger charge is -2.09. The van der Waals surface area contributed by atoms with Crippen LogP contribution in [0.25, 0.3) is 11.5 Å². The Balaban J connectivity index is 1.73. The number of halogens is 1. The Kier molecular flexibility index (Phi) is 4.20. The van der Waals surface area contributed by atoms with Crippen LogP contribution in [-0.4, -0.2) is 15.1 Å². The quantitative estimate of drug-likeness (QED) is 0.701. The van der Waals surface area contributed by atoms with Crippen LogP contribution in [0.15, 0.2) is 45.5 Å². The fourth-order valence-corrected chi connectivity index (χ4v) is 2.42. The third kappa shape index (κ3) is 3.17. The van der Waals surface area contributed by atoms with E-state index in [9.17, 15) is 0 Å². The van der Waals surface area contributed by atoms with Gasteiger partial charge in [-0.1, -0.05) is 27.2 Å². The first-order valence-electron chi connectivity index (χ1n) is 6.77. The van der Waals surface area contributed by atoms with Crippen molar-refractivity contribution in [3.8, 4) is 17.3 Å². The van der Waals surface area contributed by atoms with Crippen molar-refractivity contribution in [2.75, 3.05) is 0 Å². The highest BCUT2D eigenvalue weighted by atomic mass is 79.9. The summed E-state index contributed by atoms with van der Waals surface area (Å²) < 4.78 is 12.0. The van der Waals surface area contributed by atoms with Crippen LogP contribution in [0.3, 0.4) is 0 Å². The lowest BCUT2D eigenvalue weighted by atomic mass is 10.1. The molecule has 0 N–H and O–H groups in total. The Bertz CT molecular complexity index is 787. The summed E-state index contributed by atoms with van der Waals surface area (Å²) in [6.07, 6.45) is 1.69. The predicted molar refractivity (Wildman–Crippen MR) is 85.5 cm³/mol. The van der Waals surface area contributed by atoms with Crippen molar-refractivity contribution in [3.05, 3.63) is 58.0 Å². The number of hydrogen-bond acceptors (Lipinski definition) is 5. The fraction of sp³-hybridized carbons (Fsp3) is 0.188. The number of nitrogens with zero attached hydrogens (tertiary/aromatic N) is 3. The Morgan fingerprint density at radius 3 is 2.82 bits per heavy atom. The summed E-state index contributed by atoms with van der Waals surface area (Å²) in [5.74, 6) is 1.68. The number of hydrogen-bond donors (Lipinski definition) is 0. The van der Waals surface area contributed by atoms with Gasteiger partial charge in [0.1, 0.15) is 11.4 Å². The van der Waals surface area contributed by atoms with Gasteiger partial charge >= 0.3 is 0 Å². The number of aryl methyl sites for hydroxylation is 2. The summed E-state index contributed by atoms with van der Waals surface area (Å²) in [6.45, 7) is 4.23. The van der Waals surface area contributed by atoms with Crippen LogP contribution >= 0.6 is 15.9 Å². The first-order chi connectivity index (χ1) is 10.6. The monoisotopic (exact) mass is 359 g/mol. The molecule has 0 spiro atoms. The van der Waals surface area contributed by atoms with Crippen molar-refractivity contribution in [2.45, 2.75) is 20.5 Å². The lowest BCUT2D eigenvalue weighted by Crippen LogP contribution is -1.98. The summed E-state index contributed by atoms with van der Waals surface area (Å²) in [5.41, 5.74) is 2.83. The van der Waals surface area contributed by atoms with Gasteiger partial charge in [0.05, 0.1) is 0 Å². The van der Waals surface area contributed by atoms with Gasteiger partial charge < -0.3 is 9.26 Å². The van der Waals surface area contributed by atoms with E-state index in [1.165, 1.54) is 0 Å². The average molecular weight is 360 g/mol. The van der Waals surface area contributed by atoms with E-state index in [1.54, 1.807) is 6.20 Å². The van der Waals surface area contributed by atoms with Gasteiger partial charge in [-0.15, -0.1) is 0 Å². The van der Waals surface area contributed by atoms with Gasteiger partial charge in [0.2, 0.25) is 5.82 Å². The van der Waals surface area contributed by atoms with E-state index < -0.39 is 0 Å². The van der Waals surface area contributed by atoms with Gasteiger partial charge in [-0.25, -0.2) is 0 Å². The zero-order valence-corrected chi connectivity index (χ0v) is 13.8. The second-order valence-corrected chi connectivity index (χ2v) is 5.74. The molecule has 112 valence electrons. The van der Waals surface area contributed by atoms with Crippen molar-refractivity contribution in [1.82, 2.24) is 15.1 Å². The Morgan fingerprint density at radius 2 is 2.05 bits per heavy atom. The van der Waals surface area contributed by atoms with Gasteiger partial charge in [-0.2, -0.15) is 4.98 Å². The van der Waals surface area contributed by atoms with Crippen LogP contribution in [0.2, 0.25) is 0 Å². The van der Waals surface area contributed by atoms with Crippen LogP contribution in [0.5, 0.6) is 5.75 Å². The lowest BCUT2D eigenvalue weighted by molar-refractivity contribution is 0.241. The topological polar surface area (TPSA) is 61.0 Å². The maximum atomic E-state index is 5.77. The minimum Gasteiger partial charge on any atom is -0.483 e. The van der Waals surface area contributed by atoms with Crippen molar-refractivity contribution in [1.29, 1.82) is 0 Å². The molecule has 5 nitrogen and oxygen atoms in total. The molecule has 2 heterocycles. The van der Waals surface area contributed by atoms with E-state index in [0.29, 0.717) is 17.4 Å². The molecular formula is C16H14BrN3O2. The molecule has 0 unspecified atom stereocenters. The molecule has 0 radical (unpaired) electrons. The molecule has 0 saturated carbocycles. The standard InChI is InChI=1S/C16H14BrN3O2/c1-10-8-14(11(2)7-12(10)17)21-9-15-19-16(20-22-15)13-5-3-4-6-18-13/h3-8H,9H2,1-2H3. The maximum Gasteiger partial charge on any atom is 0.264 e. The molecule has 2 aromatic heterocycles. The first kappa shape index (κ1) is 14.7. The van der Waals surface area contributed by atoms with Crippen molar-refractivity contribution < 1.29 is 9.26 Å². The van der Waals surface area contributed by atoms with E-state index in [0.717, 1.165) is 21.3 Å². The Hall–Kier alpha value is -2.21. The zero-order chi connectivity index (χ0) is 15.5. The van der Waals surface area contributed by atoms with Crippen molar-refractivity contribution in [3.63, 3.8) is 0 Å². The summed E-state index contributed by atoms with van der Waals surface area (Å²) in [5, 5.41) is 3.92. The highest BCUT2D eigenvalue weighted by molar-refractivity contribution is 9.10. The molecule has 3 rings (SSSR count). The fourth-order valence-electron chi connectivity index (χ4n) is 1.96. The van der Waals surface area contributed by atoms with Crippen LogP contribution in [-0.2, 0) is 6.61 Å². The highest BCUT2D eigenvalue weighted by Crippen LogP contribution is 2.27. The molecule has 0 bridgehead atoms. The van der Waals surface area contributed by atoms with Crippen molar-refractivity contribution in [2.24, 2.45) is 0 Å². The van der Waals surface area contributed by atoms with E-state index in [1.807, 2.05) is 44.2 Å². The number of benzene rings is 1. The average Bonchev–Trinajstić information content (AvgIpc) is 2.99. The van der Waals surface area contributed by atoms with E-state index in [4.69, 9.17) is 9.26 Å². The van der Waals surface area contributed by atoms with Gasteiger partial charge in [0.15, 0.2) is 6.61 Å². The van der Waals surface area contributed by atoms with E-state index in [2.05, 4.69) is 31.1 Å². The van der Waals surface area contributed by atoms with Crippen LogP contribution < -0.4 is 4.74 Å². The first-order valence-corrected chi connectivity index (χ1v) is 7.56. The summed E-state index contributed by atoms with van der Waals surface area (Å²) in [4.78, 5) is 8.48. The van der Waals surface area contributed by atoms with Crippen LogP contribution in [0.4, 0.5) is 0 Å². The molecule has 0 aliphatic rings. The number of aromatic nitrogens is 3. The summed E-state index contributed by atoms with van der Waals surface area (Å²) >= 11 is 3.50. The van der Waals surface area contributed by atoms with Gasteiger partial charge in [0.25, 0.3) is 5.89 Å². The molecule has 3 aromatic rings. The molecule has 0 fully saturated rings. The largest absolute Gasteiger partial charge is 0.483 e. The minimum atomic E-state index is 0.224. The molecule has 0 atom stereocenters. The molecule has 0 saturated heterocycles. The smallest absolute Gasteiger partial charge is 0.264 e. The SMILES string of the molecule is Cc1cc(OCc2nc(-c3ccccn3)no2)c(C)cc1Br. The minimum absolute atomic E-state index is 0.224. The summed E-state index contributed by atoms with van der Waals surface area (Å²) in [7, 11) is 0. The Morgan fingerprint density at radius 1 is 1.18 bits per heavy atom. The van der Waals surface area contributed by atoms with Gasteiger partial charge in [-0.3, -0.25) is 4.98 Å². The maximum absolute atomic E-state index is 5.77. The van der Waals surface area contributed by atoms with E-state index in [-0.39, 0.29) is 6.61 Å². The number of rotatable bonds is 4. The highest BCUT2D eigenvalue weighted by Gasteiger charge is 2.11. The molecule has 0 aliphatic heterocycles. The third-order valence-electron chi connectivity index (χ3n) is 3.17. The summed E-state index contributed by atoms with van der Waals surface area (Å²) in [6, 6.07) is 9.56. The third-order valence-corrected chi connectivity index (χ3v) is 4.02. The number of ether oxygens (including phenoxy) is 1. The normalized spacial score (nSPS) is 10.7. The zero-order valence-electron chi connectivity index (χ0n) is 12.2. The van der Waals surface area contributed by atoms with Crippen molar-refractivity contribution >= 4 is 15.9 Å². The van der Waals surface area contributed by atoms with E-state index >= 15 is 0 Å². The molecule has 22 heavy (non-hydrogen) atoms. The predicted octanol–water partition coefficient (Wildman–Crippen LogP) is 4.09. The molecular weight excluding hydrogens is 346 g/mol. The Labute approximate surface area is 136 Å². The molecule has 6 heteroatoms. The molecule has 1 aromatic carbocycles. The van der Waals surface area contributed by atoms with Crippen LogP contribution in [0, 0.1) is 13.8 Å². The van der Waals surface area contributed by atoms with Gasteiger partial charge in [0, 0.05) is 10.7 Å². The second kappa shape index (κ2) is 6.27. The van der Waals surface area contributed by atoms with Gasteiger partial charge in [-0.05, 0) is 49.2 Å². The molecule has 0 amide bonds.